The fraction of sp³-hybridized carbons (Fsp3) is 0.394. The number of piperazine rings is 1. The van der Waals surface area contributed by atoms with Gasteiger partial charge in [-0.15, -0.1) is 0 Å². The third-order valence-electron chi connectivity index (χ3n) is 9.21. The van der Waals surface area contributed by atoms with Crippen LogP contribution in [-0.4, -0.2) is 107 Å². The topological polar surface area (TPSA) is 115 Å². The molecule has 2 aliphatic rings. The van der Waals surface area contributed by atoms with Gasteiger partial charge in [0.2, 0.25) is 0 Å². The van der Waals surface area contributed by atoms with Crippen molar-refractivity contribution in [3.8, 4) is 28.1 Å². The van der Waals surface area contributed by atoms with Gasteiger partial charge in [0.05, 0.1) is 36.1 Å². The molecule has 0 aliphatic carbocycles. The first-order valence-electron chi connectivity index (χ1n) is 15.8. The van der Waals surface area contributed by atoms with Crippen molar-refractivity contribution in [2.75, 3.05) is 64.9 Å². The molecule has 4 aromatic heterocycles. The Kier molecular flexibility index (Phi) is 8.22. The lowest BCUT2D eigenvalue weighted by Crippen LogP contribution is -2.44. The van der Waals surface area contributed by atoms with Crippen LogP contribution in [0.1, 0.15) is 25.8 Å². The number of likely N-dealkylation sites (N-methyl/N-ethyl adjacent to an activating group) is 1. The van der Waals surface area contributed by atoms with Crippen LogP contribution in [0.5, 0.6) is 5.75 Å². The molecule has 13 heteroatoms. The number of likely N-dealkylation sites (tertiary alicyclic amines) is 1. The van der Waals surface area contributed by atoms with Crippen molar-refractivity contribution in [1.29, 1.82) is 0 Å². The van der Waals surface area contributed by atoms with Crippen LogP contribution in [0.4, 0.5) is 5.82 Å². The summed E-state index contributed by atoms with van der Waals surface area (Å²) in [6, 6.07) is 10.6. The average molecular weight is 642 g/mol. The van der Waals surface area contributed by atoms with Crippen LogP contribution in [0.2, 0.25) is 0 Å². The summed E-state index contributed by atoms with van der Waals surface area (Å²) in [5.74, 6) is 1.45. The van der Waals surface area contributed by atoms with Crippen molar-refractivity contribution < 1.29 is 13.2 Å². The Hall–Kier alpha value is -4.33. The zero-order chi connectivity index (χ0) is 31.8. The monoisotopic (exact) mass is 641 g/mol. The first-order valence-corrected chi connectivity index (χ1v) is 17.2. The van der Waals surface area contributed by atoms with Crippen LogP contribution >= 0.6 is 0 Å². The molecule has 12 nitrogen and oxygen atoms in total. The molecule has 0 spiro atoms. The van der Waals surface area contributed by atoms with E-state index in [4.69, 9.17) is 19.8 Å². The maximum Gasteiger partial charge on any atom is 0.269 e. The van der Waals surface area contributed by atoms with E-state index < -0.39 is 10.0 Å². The van der Waals surface area contributed by atoms with Crippen LogP contribution < -0.4 is 9.64 Å². The molecular formula is C33H39N9O3S. The van der Waals surface area contributed by atoms with Gasteiger partial charge < -0.3 is 19.4 Å². The zero-order valence-electron chi connectivity index (χ0n) is 26.5. The van der Waals surface area contributed by atoms with Crippen molar-refractivity contribution >= 4 is 27.0 Å². The van der Waals surface area contributed by atoms with E-state index in [0.29, 0.717) is 22.5 Å². The number of piperidine rings is 1. The fourth-order valence-electron chi connectivity index (χ4n) is 6.36. The minimum Gasteiger partial charge on any atom is -0.493 e. The molecule has 240 valence electrons. The highest BCUT2D eigenvalue weighted by atomic mass is 32.2. The Morgan fingerprint density at radius 2 is 1.67 bits per heavy atom. The van der Waals surface area contributed by atoms with Gasteiger partial charge in [-0.05, 0) is 44.6 Å². The average Bonchev–Trinajstić information content (AvgIpc) is 3.74. The molecule has 2 aliphatic heterocycles. The smallest absolute Gasteiger partial charge is 0.269 e. The van der Waals surface area contributed by atoms with E-state index in [-0.39, 0.29) is 16.6 Å². The lowest BCUT2D eigenvalue weighted by Gasteiger charge is -2.33. The summed E-state index contributed by atoms with van der Waals surface area (Å²) in [5, 5.41) is 4.72. The molecule has 0 unspecified atom stereocenters. The molecule has 46 heavy (non-hydrogen) atoms. The normalized spacial score (nSPS) is 17.2. The minimum atomic E-state index is -3.95. The largest absolute Gasteiger partial charge is 0.493 e. The molecule has 7 rings (SSSR count). The first-order chi connectivity index (χ1) is 22.4. The number of aromatic nitrogens is 6. The molecule has 0 N–H and O–H groups in total. The summed E-state index contributed by atoms with van der Waals surface area (Å²) in [6.07, 6.45) is 10.8. The lowest BCUT2D eigenvalue weighted by atomic mass is 10.1. The van der Waals surface area contributed by atoms with Crippen molar-refractivity contribution in [2.45, 2.75) is 30.7 Å². The van der Waals surface area contributed by atoms with E-state index in [0.717, 1.165) is 75.6 Å². The van der Waals surface area contributed by atoms with Crippen molar-refractivity contribution in [3.05, 3.63) is 67.4 Å². The Morgan fingerprint density at radius 1 is 0.913 bits per heavy atom. The number of methoxy groups -OCH3 is 1. The van der Waals surface area contributed by atoms with Crippen LogP contribution in [0.3, 0.4) is 0 Å². The number of rotatable bonds is 8. The molecular weight excluding hydrogens is 602 g/mol. The standard InChI is InChI=1S/C33H39N9O3S/c1-4-39-12-10-26(11-13-39)41-22-25(20-36-41)28-23-42(46(43,44)27-8-6-5-7-9-27)33-31(28)37-29(21-35-33)24-18-30(45-3)32(34-19-24)40-16-14-38(2)15-17-40/h5-9,18-23,26H,4,10-17H2,1-3H3. The molecule has 0 radical (unpaired) electrons. The molecule has 2 fully saturated rings. The number of nitrogens with zero attached hydrogens (tertiary/aromatic N) is 9. The van der Waals surface area contributed by atoms with Gasteiger partial charge in [-0.1, -0.05) is 25.1 Å². The van der Waals surface area contributed by atoms with Gasteiger partial charge in [-0.25, -0.2) is 27.3 Å². The molecule has 0 atom stereocenters. The first kappa shape index (κ1) is 30.3. The molecule has 6 heterocycles. The highest BCUT2D eigenvalue weighted by Gasteiger charge is 2.27. The van der Waals surface area contributed by atoms with E-state index in [9.17, 15) is 8.42 Å². The maximum atomic E-state index is 13.9. The lowest BCUT2D eigenvalue weighted by molar-refractivity contribution is 0.187. The van der Waals surface area contributed by atoms with Crippen molar-refractivity contribution in [3.63, 3.8) is 0 Å². The summed E-state index contributed by atoms with van der Waals surface area (Å²) in [6.45, 7) is 8.94. The van der Waals surface area contributed by atoms with Crippen molar-refractivity contribution in [1.82, 2.24) is 38.5 Å². The Labute approximate surface area is 269 Å². The molecule has 0 amide bonds. The van der Waals surface area contributed by atoms with E-state index in [1.54, 1.807) is 62.2 Å². The summed E-state index contributed by atoms with van der Waals surface area (Å²) in [4.78, 5) is 21.6. The van der Waals surface area contributed by atoms with Crippen LogP contribution in [0.15, 0.2) is 72.3 Å². The number of anilines is 1. The minimum absolute atomic E-state index is 0.177. The van der Waals surface area contributed by atoms with E-state index in [1.807, 2.05) is 16.9 Å². The van der Waals surface area contributed by atoms with Crippen LogP contribution in [-0.2, 0) is 10.0 Å². The second kappa shape index (κ2) is 12.5. The number of benzene rings is 1. The molecule has 0 saturated carbocycles. The van der Waals surface area contributed by atoms with Gasteiger partial charge in [-0.3, -0.25) is 4.68 Å². The van der Waals surface area contributed by atoms with Gasteiger partial charge in [0.25, 0.3) is 10.0 Å². The molecule has 2 saturated heterocycles. The summed E-state index contributed by atoms with van der Waals surface area (Å²) in [5.41, 5.74) is 3.46. The zero-order valence-corrected chi connectivity index (χ0v) is 27.3. The second-order valence-corrected chi connectivity index (χ2v) is 13.8. The Bertz CT molecular complexity index is 1940. The van der Waals surface area contributed by atoms with Crippen molar-refractivity contribution in [2.24, 2.45) is 0 Å². The maximum absolute atomic E-state index is 13.9. The Balaban J connectivity index is 1.30. The number of hydrogen-bond acceptors (Lipinski definition) is 10. The predicted octanol–water partition coefficient (Wildman–Crippen LogP) is 4.01. The molecule has 1 aromatic carbocycles. The highest BCUT2D eigenvalue weighted by Crippen LogP contribution is 2.35. The fourth-order valence-corrected chi connectivity index (χ4v) is 7.70. The van der Waals surface area contributed by atoms with Gasteiger partial charge in [0.1, 0.15) is 5.52 Å². The third-order valence-corrected chi connectivity index (χ3v) is 10.9. The number of ether oxygens (including phenoxy) is 1. The number of pyridine rings is 1. The second-order valence-electron chi connectivity index (χ2n) is 12.0. The van der Waals surface area contributed by atoms with Gasteiger partial charge in [0.15, 0.2) is 17.2 Å². The van der Waals surface area contributed by atoms with E-state index >= 15 is 0 Å². The predicted molar refractivity (Wildman–Crippen MR) is 178 cm³/mol. The van der Waals surface area contributed by atoms with Gasteiger partial charge in [0, 0.05) is 74.5 Å². The summed E-state index contributed by atoms with van der Waals surface area (Å²) >= 11 is 0. The SMILES string of the molecule is CCN1CCC(n2cc(-c3cn(S(=O)(=O)c4ccccc4)c4ncc(-c5cnc(N6CCN(C)CC6)c(OC)c5)nc34)cn2)CC1. The third kappa shape index (κ3) is 5.63. The summed E-state index contributed by atoms with van der Waals surface area (Å²) < 4.78 is 36.8. The van der Waals surface area contributed by atoms with E-state index in [1.165, 1.54) is 3.97 Å². The number of hydrogen-bond donors (Lipinski definition) is 0. The highest BCUT2D eigenvalue weighted by molar-refractivity contribution is 7.90. The number of fused-ring (bicyclic) bond motifs is 1. The van der Waals surface area contributed by atoms with Gasteiger partial charge in [-0.2, -0.15) is 5.10 Å². The molecule has 5 aromatic rings. The van der Waals surface area contributed by atoms with Gasteiger partial charge >= 0.3 is 0 Å². The quantitative estimate of drug-likeness (QED) is 0.246. The summed E-state index contributed by atoms with van der Waals surface area (Å²) in [7, 11) is -0.183. The molecule has 0 bridgehead atoms. The van der Waals surface area contributed by atoms with Crippen LogP contribution in [0, 0.1) is 0 Å². The van der Waals surface area contributed by atoms with Crippen LogP contribution in [0.25, 0.3) is 33.5 Å². The van der Waals surface area contributed by atoms with E-state index in [2.05, 4.69) is 33.7 Å². The Morgan fingerprint density at radius 3 is 2.39 bits per heavy atom.